The Kier molecular flexibility index (Phi) is 2.86. The molecule has 2 rings (SSSR count). The van der Waals surface area contributed by atoms with Gasteiger partial charge in [-0.25, -0.2) is 18.7 Å². The first-order valence-electron chi connectivity index (χ1n) is 4.72. The van der Waals surface area contributed by atoms with E-state index < -0.39 is 11.6 Å². The van der Waals surface area contributed by atoms with Crippen molar-refractivity contribution in [1.29, 1.82) is 0 Å². The minimum Gasteiger partial charge on any atom is -0.467 e. The first-order valence-corrected chi connectivity index (χ1v) is 4.72. The number of aromatic nitrogens is 2. The van der Waals surface area contributed by atoms with E-state index in [0.717, 1.165) is 6.07 Å². The molecule has 0 amide bonds. The number of rotatable bonds is 2. The van der Waals surface area contributed by atoms with Gasteiger partial charge in [-0.15, -0.1) is 0 Å². The second-order valence-electron chi connectivity index (χ2n) is 3.32. The molecule has 6 heteroatoms. The van der Waals surface area contributed by atoms with E-state index in [1.807, 2.05) is 0 Å². The summed E-state index contributed by atoms with van der Waals surface area (Å²) in [6, 6.07) is 2.56. The standard InChI is InChI=1S/C11H9F2N3O/c1-17-11-15-4-7(5-16-11)6-2-8(12)10(13)9(14)3-6/h2-5H,14H2,1H3. The molecule has 1 aromatic carbocycles. The van der Waals surface area contributed by atoms with Crippen LogP contribution < -0.4 is 10.5 Å². The minimum absolute atomic E-state index is 0.198. The number of halogens is 2. The fraction of sp³-hybridized carbons (Fsp3) is 0.0909. The smallest absolute Gasteiger partial charge is 0.316 e. The van der Waals surface area contributed by atoms with Crippen LogP contribution >= 0.6 is 0 Å². The first kappa shape index (κ1) is 11.3. The van der Waals surface area contributed by atoms with E-state index in [0.29, 0.717) is 11.1 Å². The summed E-state index contributed by atoms with van der Waals surface area (Å²) in [7, 11) is 1.44. The first-order chi connectivity index (χ1) is 8.11. The number of hydrogen-bond donors (Lipinski definition) is 1. The summed E-state index contributed by atoms with van der Waals surface area (Å²) in [4.78, 5) is 7.73. The fourth-order valence-corrected chi connectivity index (χ4v) is 1.35. The van der Waals surface area contributed by atoms with Crippen molar-refractivity contribution in [3.05, 3.63) is 36.2 Å². The second kappa shape index (κ2) is 4.32. The zero-order valence-corrected chi connectivity index (χ0v) is 8.95. The molecule has 0 spiro atoms. The van der Waals surface area contributed by atoms with Crippen LogP contribution in [0.3, 0.4) is 0 Å². The normalized spacial score (nSPS) is 10.3. The number of hydrogen-bond acceptors (Lipinski definition) is 4. The fourth-order valence-electron chi connectivity index (χ4n) is 1.35. The SMILES string of the molecule is COc1ncc(-c2cc(N)c(F)c(F)c2)cn1. The van der Waals surface area contributed by atoms with Gasteiger partial charge in [-0.3, -0.25) is 0 Å². The molecule has 0 unspecified atom stereocenters. The number of anilines is 1. The van der Waals surface area contributed by atoms with Crippen LogP contribution in [0.4, 0.5) is 14.5 Å². The number of nitrogens with zero attached hydrogens (tertiary/aromatic N) is 2. The summed E-state index contributed by atoms with van der Waals surface area (Å²) in [6.45, 7) is 0. The Morgan fingerprint density at radius 3 is 2.29 bits per heavy atom. The maximum Gasteiger partial charge on any atom is 0.316 e. The predicted molar refractivity (Wildman–Crippen MR) is 58.3 cm³/mol. The van der Waals surface area contributed by atoms with E-state index >= 15 is 0 Å². The molecule has 1 aromatic heterocycles. The summed E-state index contributed by atoms with van der Waals surface area (Å²) in [6.07, 6.45) is 2.88. The molecular weight excluding hydrogens is 228 g/mol. The van der Waals surface area contributed by atoms with E-state index in [-0.39, 0.29) is 11.7 Å². The van der Waals surface area contributed by atoms with Gasteiger partial charge in [0.1, 0.15) is 0 Å². The van der Waals surface area contributed by atoms with E-state index in [4.69, 9.17) is 10.5 Å². The third kappa shape index (κ3) is 2.15. The van der Waals surface area contributed by atoms with E-state index in [2.05, 4.69) is 9.97 Å². The summed E-state index contributed by atoms with van der Waals surface area (Å²) in [5, 5.41) is 0. The Morgan fingerprint density at radius 2 is 1.76 bits per heavy atom. The highest BCUT2D eigenvalue weighted by Gasteiger charge is 2.10. The number of nitrogen functional groups attached to an aromatic ring is 1. The summed E-state index contributed by atoms with van der Waals surface area (Å²) < 4.78 is 30.9. The zero-order chi connectivity index (χ0) is 12.4. The molecule has 0 aliphatic heterocycles. The average molecular weight is 237 g/mol. The molecule has 0 aliphatic rings. The Morgan fingerprint density at radius 1 is 1.12 bits per heavy atom. The lowest BCUT2D eigenvalue weighted by Crippen LogP contribution is -1.96. The molecule has 2 N–H and O–H groups in total. The van der Waals surface area contributed by atoms with Crippen molar-refractivity contribution in [2.45, 2.75) is 0 Å². The van der Waals surface area contributed by atoms with Crippen molar-refractivity contribution in [1.82, 2.24) is 9.97 Å². The van der Waals surface area contributed by atoms with Crippen molar-refractivity contribution < 1.29 is 13.5 Å². The number of benzene rings is 1. The molecule has 17 heavy (non-hydrogen) atoms. The van der Waals surface area contributed by atoms with Gasteiger partial charge in [0.25, 0.3) is 0 Å². The molecule has 1 heterocycles. The second-order valence-corrected chi connectivity index (χ2v) is 3.32. The maximum absolute atomic E-state index is 13.2. The zero-order valence-electron chi connectivity index (χ0n) is 8.95. The van der Waals surface area contributed by atoms with Crippen molar-refractivity contribution in [3.8, 4) is 17.1 Å². The third-order valence-electron chi connectivity index (χ3n) is 2.20. The lowest BCUT2D eigenvalue weighted by molar-refractivity contribution is 0.380. The van der Waals surface area contributed by atoms with Gasteiger partial charge in [0.15, 0.2) is 11.6 Å². The van der Waals surface area contributed by atoms with Gasteiger partial charge >= 0.3 is 6.01 Å². The maximum atomic E-state index is 13.2. The van der Waals surface area contributed by atoms with Crippen molar-refractivity contribution in [2.24, 2.45) is 0 Å². The van der Waals surface area contributed by atoms with Gasteiger partial charge in [-0.1, -0.05) is 0 Å². The molecule has 2 aromatic rings. The van der Waals surface area contributed by atoms with E-state index in [1.54, 1.807) is 0 Å². The lowest BCUT2D eigenvalue weighted by atomic mass is 10.1. The van der Waals surface area contributed by atoms with Crippen LogP contribution in [-0.4, -0.2) is 17.1 Å². The van der Waals surface area contributed by atoms with Gasteiger partial charge in [-0.05, 0) is 17.7 Å². The Balaban J connectivity index is 2.45. The summed E-state index contributed by atoms with van der Waals surface area (Å²) in [5.74, 6) is -2.06. The molecule has 0 radical (unpaired) electrons. The lowest BCUT2D eigenvalue weighted by Gasteiger charge is -2.05. The van der Waals surface area contributed by atoms with Gasteiger partial charge in [0, 0.05) is 18.0 Å². The van der Waals surface area contributed by atoms with Crippen LogP contribution in [0.5, 0.6) is 6.01 Å². The molecule has 0 saturated carbocycles. The van der Waals surface area contributed by atoms with Crippen LogP contribution in [0.15, 0.2) is 24.5 Å². The highest BCUT2D eigenvalue weighted by atomic mass is 19.2. The van der Waals surface area contributed by atoms with Crippen molar-refractivity contribution >= 4 is 5.69 Å². The summed E-state index contributed by atoms with van der Waals surface area (Å²) in [5.41, 5.74) is 6.01. The number of methoxy groups -OCH3 is 1. The molecule has 0 aliphatic carbocycles. The molecular formula is C11H9F2N3O. The van der Waals surface area contributed by atoms with Crippen molar-refractivity contribution in [2.75, 3.05) is 12.8 Å². The van der Waals surface area contributed by atoms with Crippen LogP contribution in [0, 0.1) is 11.6 Å². The molecule has 0 saturated heterocycles. The van der Waals surface area contributed by atoms with Gasteiger partial charge in [-0.2, -0.15) is 0 Å². The largest absolute Gasteiger partial charge is 0.467 e. The van der Waals surface area contributed by atoms with Gasteiger partial charge in [0.05, 0.1) is 12.8 Å². The van der Waals surface area contributed by atoms with Crippen LogP contribution in [0.2, 0.25) is 0 Å². The average Bonchev–Trinajstić information content (AvgIpc) is 2.35. The van der Waals surface area contributed by atoms with Crippen LogP contribution in [0.25, 0.3) is 11.1 Å². The molecule has 0 bridgehead atoms. The quantitative estimate of drug-likeness (QED) is 0.811. The van der Waals surface area contributed by atoms with Gasteiger partial charge in [0.2, 0.25) is 0 Å². The van der Waals surface area contributed by atoms with E-state index in [1.165, 1.54) is 25.6 Å². The number of nitrogens with two attached hydrogens (primary N) is 1. The Labute approximate surface area is 96.1 Å². The minimum atomic E-state index is -1.05. The highest BCUT2D eigenvalue weighted by Crippen LogP contribution is 2.25. The Bertz CT molecular complexity index is 520. The highest BCUT2D eigenvalue weighted by molar-refractivity contribution is 5.66. The summed E-state index contributed by atoms with van der Waals surface area (Å²) >= 11 is 0. The van der Waals surface area contributed by atoms with Crippen LogP contribution in [-0.2, 0) is 0 Å². The van der Waals surface area contributed by atoms with Crippen molar-refractivity contribution in [3.63, 3.8) is 0 Å². The third-order valence-corrected chi connectivity index (χ3v) is 2.20. The molecule has 0 fully saturated rings. The molecule has 88 valence electrons. The molecule has 0 atom stereocenters. The Hall–Kier alpha value is -2.24. The van der Waals surface area contributed by atoms with Gasteiger partial charge < -0.3 is 10.5 Å². The van der Waals surface area contributed by atoms with Crippen LogP contribution in [0.1, 0.15) is 0 Å². The monoisotopic (exact) mass is 237 g/mol. The predicted octanol–water partition coefficient (Wildman–Crippen LogP) is 2.01. The molecule has 4 nitrogen and oxygen atoms in total. The van der Waals surface area contributed by atoms with E-state index in [9.17, 15) is 8.78 Å². The number of ether oxygens (including phenoxy) is 1. The topological polar surface area (TPSA) is 61.0 Å².